The number of nitrogens with zero attached hydrogens (tertiary/aromatic N) is 4. The summed E-state index contributed by atoms with van der Waals surface area (Å²) in [6.45, 7) is 2.12. The number of nitrogens with one attached hydrogen (secondary N) is 1. The maximum atomic E-state index is 13.2. The molecule has 0 saturated heterocycles. The standard InChI is InChI=1S/C18H19N5O/c1-11-5-6-13-12(9-11)10-18(7-3-2-4-8-18)14-15(13)19-17-20-21-22-23(17)16(14)24/h5-6,9H,2-4,7-8,10H2,1H3,(H,19,20,22). The molecule has 1 aromatic carbocycles. The molecule has 5 rings (SSSR count). The number of benzene rings is 1. The van der Waals surface area contributed by atoms with Crippen molar-refractivity contribution in [1.82, 2.24) is 25.0 Å². The van der Waals surface area contributed by atoms with E-state index < -0.39 is 0 Å². The maximum Gasteiger partial charge on any atom is 0.279 e. The van der Waals surface area contributed by atoms with Crippen molar-refractivity contribution >= 4 is 5.78 Å². The lowest BCUT2D eigenvalue weighted by Crippen LogP contribution is -2.41. The van der Waals surface area contributed by atoms with E-state index in [9.17, 15) is 4.79 Å². The van der Waals surface area contributed by atoms with Crippen LogP contribution in [0.15, 0.2) is 23.0 Å². The van der Waals surface area contributed by atoms with Crippen LogP contribution in [-0.2, 0) is 11.8 Å². The van der Waals surface area contributed by atoms with Gasteiger partial charge in [-0.05, 0) is 37.0 Å². The monoisotopic (exact) mass is 321 g/mol. The van der Waals surface area contributed by atoms with Gasteiger partial charge in [-0.2, -0.15) is 9.73 Å². The first kappa shape index (κ1) is 13.9. The molecule has 1 fully saturated rings. The van der Waals surface area contributed by atoms with Crippen molar-refractivity contribution in [2.24, 2.45) is 0 Å². The van der Waals surface area contributed by atoms with Gasteiger partial charge in [-0.25, -0.2) is 4.98 Å². The smallest absolute Gasteiger partial charge is 0.267 e. The van der Waals surface area contributed by atoms with Gasteiger partial charge in [0, 0.05) is 11.0 Å². The molecule has 1 spiro atoms. The SMILES string of the molecule is Cc1ccc2c(c1)CC1(CCCCC1)c1c-2nc2nn[nH]n2c1=O. The van der Waals surface area contributed by atoms with E-state index >= 15 is 0 Å². The fraction of sp³-hybridized carbons (Fsp3) is 0.444. The lowest BCUT2D eigenvalue weighted by molar-refractivity contribution is 0.284. The number of aromatic nitrogens is 5. The molecular weight excluding hydrogens is 302 g/mol. The number of rotatable bonds is 0. The molecule has 2 heterocycles. The van der Waals surface area contributed by atoms with Gasteiger partial charge in [0.1, 0.15) is 0 Å². The fourth-order valence-electron chi connectivity index (χ4n) is 4.66. The van der Waals surface area contributed by atoms with Crippen LogP contribution in [-0.4, -0.2) is 25.0 Å². The normalized spacial score (nSPS) is 18.5. The summed E-state index contributed by atoms with van der Waals surface area (Å²) in [7, 11) is 0. The van der Waals surface area contributed by atoms with Crippen LogP contribution in [0.2, 0.25) is 0 Å². The highest BCUT2D eigenvalue weighted by molar-refractivity contribution is 5.73. The molecule has 0 atom stereocenters. The van der Waals surface area contributed by atoms with Crippen molar-refractivity contribution in [2.45, 2.75) is 50.9 Å². The quantitative estimate of drug-likeness (QED) is 0.690. The van der Waals surface area contributed by atoms with Gasteiger partial charge < -0.3 is 0 Å². The third-order valence-electron chi connectivity index (χ3n) is 5.74. The number of fused-ring (bicyclic) bond motifs is 5. The lowest BCUT2D eigenvalue weighted by Gasteiger charge is -2.41. The van der Waals surface area contributed by atoms with E-state index in [4.69, 9.17) is 4.98 Å². The fourth-order valence-corrected chi connectivity index (χ4v) is 4.66. The molecule has 3 aromatic rings. The Bertz CT molecular complexity index is 1010. The highest BCUT2D eigenvalue weighted by Gasteiger charge is 2.43. The van der Waals surface area contributed by atoms with E-state index in [1.54, 1.807) is 0 Å². The highest BCUT2D eigenvalue weighted by atomic mass is 16.1. The largest absolute Gasteiger partial charge is 0.279 e. The molecular formula is C18H19N5O. The summed E-state index contributed by atoms with van der Waals surface area (Å²) >= 11 is 0. The molecule has 122 valence electrons. The molecule has 2 aliphatic carbocycles. The summed E-state index contributed by atoms with van der Waals surface area (Å²) in [6, 6.07) is 6.44. The predicted octanol–water partition coefficient (Wildman–Crippen LogP) is 2.55. The van der Waals surface area contributed by atoms with Crippen LogP contribution >= 0.6 is 0 Å². The zero-order valence-corrected chi connectivity index (χ0v) is 13.7. The number of hydrogen-bond acceptors (Lipinski definition) is 4. The lowest BCUT2D eigenvalue weighted by atomic mass is 9.62. The summed E-state index contributed by atoms with van der Waals surface area (Å²) in [4.78, 5) is 17.9. The minimum atomic E-state index is -0.0925. The van der Waals surface area contributed by atoms with Gasteiger partial charge in [-0.1, -0.05) is 48.1 Å². The van der Waals surface area contributed by atoms with Crippen molar-refractivity contribution in [2.75, 3.05) is 0 Å². The summed E-state index contributed by atoms with van der Waals surface area (Å²) in [6.07, 6.45) is 6.63. The van der Waals surface area contributed by atoms with E-state index in [0.29, 0.717) is 5.78 Å². The number of H-pyrrole nitrogens is 1. The molecule has 0 radical (unpaired) electrons. The van der Waals surface area contributed by atoms with Crippen LogP contribution in [0.25, 0.3) is 17.0 Å². The van der Waals surface area contributed by atoms with Gasteiger partial charge >= 0.3 is 0 Å². The van der Waals surface area contributed by atoms with E-state index in [1.807, 2.05) is 0 Å². The Morgan fingerprint density at radius 3 is 2.88 bits per heavy atom. The van der Waals surface area contributed by atoms with E-state index in [-0.39, 0.29) is 11.0 Å². The summed E-state index contributed by atoms with van der Waals surface area (Å²) in [5.74, 6) is 0.345. The summed E-state index contributed by atoms with van der Waals surface area (Å²) in [5.41, 5.74) is 5.19. The molecule has 24 heavy (non-hydrogen) atoms. The maximum absolute atomic E-state index is 13.2. The first-order chi connectivity index (χ1) is 11.7. The van der Waals surface area contributed by atoms with Crippen molar-refractivity contribution in [3.05, 3.63) is 45.2 Å². The Hall–Kier alpha value is -2.50. The molecule has 6 heteroatoms. The molecule has 0 aliphatic heterocycles. The Kier molecular flexibility index (Phi) is 2.75. The van der Waals surface area contributed by atoms with Crippen LogP contribution in [0.4, 0.5) is 0 Å². The van der Waals surface area contributed by atoms with Gasteiger partial charge in [-0.3, -0.25) is 4.79 Å². The molecule has 6 nitrogen and oxygen atoms in total. The van der Waals surface area contributed by atoms with Crippen LogP contribution in [0.3, 0.4) is 0 Å². The van der Waals surface area contributed by atoms with Crippen molar-refractivity contribution in [3.8, 4) is 11.3 Å². The third kappa shape index (κ3) is 1.76. The van der Waals surface area contributed by atoms with Crippen molar-refractivity contribution < 1.29 is 0 Å². The van der Waals surface area contributed by atoms with Crippen LogP contribution in [0, 0.1) is 6.92 Å². The Labute approximate surface area is 138 Å². The minimum absolute atomic E-state index is 0.0341. The second-order valence-corrected chi connectivity index (χ2v) is 7.25. The zero-order chi connectivity index (χ0) is 16.3. The Balaban J connectivity index is 1.89. The zero-order valence-electron chi connectivity index (χ0n) is 13.7. The molecule has 0 amide bonds. The van der Waals surface area contributed by atoms with Crippen LogP contribution in [0.1, 0.15) is 48.8 Å². The number of aromatic amines is 1. The van der Waals surface area contributed by atoms with Crippen molar-refractivity contribution in [1.29, 1.82) is 0 Å². The number of tetrazole rings is 1. The van der Waals surface area contributed by atoms with E-state index in [1.165, 1.54) is 34.9 Å². The Morgan fingerprint density at radius 2 is 2.04 bits per heavy atom. The van der Waals surface area contributed by atoms with Gasteiger partial charge in [0.15, 0.2) is 0 Å². The average Bonchev–Trinajstić information content (AvgIpc) is 3.04. The second-order valence-electron chi connectivity index (χ2n) is 7.25. The first-order valence-electron chi connectivity index (χ1n) is 8.62. The van der Waals surface area contributed by atoms with E-state index in [0.717, 1.165) is 36.1 Å². The third-order valence-corrected chi connectivity index (χ3v) is 5.74. The molecule has 0 bridgehead atoms. The summed E-state index contributed by atoms with van der Waals surface area (Å²) < 4.78 is 1.38. The molecule has 2 aliphatic rings. The van der Waals surface area contributed by atoms with Gasteiger partial charge in [0.05, 0.1) is 11.3 Å². The van der Waals surface area contributed by atoms with E-state index in [2.05, 4.69) is 40.6 Å². The number of hydrogen-bond donors (Lipinski definition) is 1. The molecule has 2 aromatic heterocycles. The van der Waals surface area contributed by atoms with Gasteiger partial charge in [0.2, 0.25) is 0 Å². The summed E-state index contributed by atoms with van der Waals surface area (Å²) in [5, 5.41) is 10.4. The molecule has 1 N–H and O–H groups in total. The van der Waals surface area contributed by atoms with Crippen LogP contribution in [0.5, 0.6) is 0 Å². The Morgan fingerprint density at radius 1 is 1.21 bits per heavy atom. The molecule has 1 saturated carbocycles. The van der Waals surface area contributed by atoms with Crippen molar-refractivity contribution in [3.63, 3.8) is 0 Å². The predicted molar refractivity (Wildman–Crippen MR) is 90.0 cm³/mol. The number of aryl methyl sites for hydroxylation is 1. The topological polar surface area (TPSA) is 75.9 Å². The first-order valence-corrected chi connectivity index (χ1v) is 8.62. The van der Waals surface area contributed by atoms with Crippen LogP contribution < -0.4 is 5.56 Å². The minimum Gasteiger partial charge on any atom is -0.267 e. The second kappa shape index (κ2) is 4.75. The highest BCUT2D eigenvalue weighted by Crippen LogP contribution is 2.48. The molecule has 0 unspecified atom stereocenters. The average molecular weight is 321 g/mol. The van der Waals surface area contributed by atoms with Gasteiger partial charge in [0.25, 0.3) is 11.3 Å². The van der Waals surface area contributed by atoms with Gasteiger partial charge in [-0.15, -0.1) is 0 Å².